The van der Waals surface area contributed by atoms with Crippen molar-refractivity contribution < 1.29 is 34.8 Å². The second kappa shape index (κ2) is 11.6. The van der Waals surface area contributed by atoms with Gasteiger partial charge < -0.3 is 30.5 Å². The average Bonchev–Trinajstić information content (AvgIpc) is 2.89. The maximum atomic E-state index is 12.1. The van der Waals surface area contributed by atoms with Crippen molar-refractivity contribution >= 4 is 34.6 Å². The lowest BCUT2D eigenvalue weighted by Gasteiger charge is -2.22. The topological polar surface area (TPSA) is 145 Å². The Morgan fingerprint density at radius 1 is 1.48 bits per heavy atom. The molecule has 0 aromatic carbocycles. The molecule has 0 unspecified atom stereocenters. The van der Waals surface area contributed by atoms with Gasteiger partial charge in [0.25, 0.3) is 5.91 Å². The molecule has 0 aromatic rings. The van der Waals surface area contributed by atoms with E-state index in [1.165, 1.54) is 0 Å². The zero-order chi connectivity index (χ0) is 19.6. The number of carbonyl (C=O) groups is 3. The van der Waals surface area contributed by atoms with Gasteiger partial charge in [0.05, 0.1) is 6.61 Å². The summed E-state index contributed by atoms with van der Waals surface area (Å²) in [7, 11) is 0. The van der Waals surface area contributed by atoms with Crippen LogP contribution in [0.15, 0.2) is 5.16 Å². The molecule has 144 valence electrons. The van der Waals surface area contributed by atoms with Crippen molar-refractivity contribution in [3.05, 3.63) is 0 Å². The zero-order valence-corrected chi connectivity index (χ0v) is 15.7. The summed E-state index contributed by atoms with van der Waals surface area (Å²) < 4.78 is 4.97. The second-order valence-corrected chi connectivity index (χ2v) is 6.31. The molecule has 1 aliphatic rings. The molecule has 4 N–H and O–H groups in total. The first kappa shape index (κ1) is 23.1. The molecule has 0 bridgehead atoms. The van der Waals surface area contributed by atoms with Crippen molar-refractivity contribution in [2.75, 3.05) is 6.61 Å². The molecule has 0 aliphatic carbocycles. The van der Waals surface area contributed by atoms with E-state index in [0.717, 1.165) is 6.92 Å². The van der Waals surface area contributed by atoms with E-state index in [-0.39, 0.29) is 24.1 Å². The molecule has 9 nitrogen and oxygen atoms in total. The summed E-state index contributed by atoms with van der Waals surface area (Å²) in [5, 5.41) is 15.4. The molecule has 0 aromatic heterocycles. The van der Waals surface area contributed by atoms with E-state index in [2.05, 4.69) is 16.2 Å². The lowest BCUT2D eigenvalue weighted by molar-refractivity contribution is -0.406. The largest absolute Gasteiger partial charge is 0.550 e. The normalized spacial score (nSPS) is 18.2. The predicted molar refractivity (Wildman–Crippen MR) is 88.2 cm³/mol. The highest BCUT2D eigenvalue weighted by Gasteiger charge is 2.38. The molecule has 3 atom stereocenters. The van der Waals surface area contributed by atoms with Crippen LogP contribution < -0.4 is 16.2 Å². The third-order valence-electron chi connectivity index (χ3n) is 2.99. The third-order valence-corrected chi connectivity index (χ3v) is 3.22. The Kier molecular flexibility index (Phi) is 10.8. The molecule has 0 spiro atoms. The second-order valence-electron chi connectivity index (χ2n) is 5.87. The Labute approximate surface area is 151 Å². The number of oxime groups is 1. The van der Waals surface area contributed by atoms with Gasteiger partial charge in [-0.25, -0.2) is 4.79 Å². The van der Waals surface area contributed by atoms with E-state index >= 15 is 0 Å². The van der Waals surface area contributed by atoms with Crippen LogP contribution in [0.3, 0.4) is 0 Å². The lowest BCUT2D eigenvalue weighted by Crippen LogP contribution is -2.69. The quantitative estimate of drug-likeness (QED) is 0.531. The molecule has 10 heteroatoms. The first-order valence-corrected chi connectivity index (χ1v) is 8.32. The minimum absolute atomic E-state index is 0.215. The smallest absolute Gasteiger partial charge is 0.332 e. The number of carbonyl (C=O) groups excluding carboxylic acids is 3. The highest BCUT2D eigenvalue weighted by molar-refractivity contribution is 6.65. The Morgan fingerprint density at radius 2 is 2.04 bits per heavy atom. The maximum Gasteiger partial charge on any atom is 0.332 e. The van der Waals surface area contributed by atoms with E-state index in [0.29, 0.717) is 12.3 Å². The van der Waals surface area contributed by atoms with Gasteiger partial charge in [0.2, 0.25) is 0 Å². The zero-order valence-electron chi connectivity index (χ0n) is 14.9. The lowest BCUT2D eigenvalue weighted by atomic mass is 10.0. The number of carboxylic acid groups (broad SMARTS) is 1. The van der Waals surface area contributed by atoms with E-state index in [9.17, 15) is 9.59 Å². The fraction of sp³-hybridized carbons (Fsp3) is 0.733. The van der Waals surface area contributed by atoms with Crippen molar-refractivity contribution in [2.24, 2.45) is 11.1 Å². The minimum Gasteiger partial charge on any atom is -0.550 e. The molecule has 1 heterocycles. The maximum absolute atomic E-state index is 12.1. The monoisotopic (exact) mass is 379 g/mol. The van der Waals surface area contributed by atoms with Crippen molar-refractivity contribution in [2.45, 2.75) is 58.7 Å². The number of nitrogens with one attached hydrogen (secondary N) is 1. The van der Waals surface area contributed by atoms with E-state index in [1.54, 1.807) is 6.92 Å². The van der Waals surface area contributed by atoms with Crippen LogP contribution >= 0.6 is 11.6 Å². The minimum atomic E-state index is -1.08. The summed E-state index contributed by atoms with van der Waals surface area (Å²) >= 11 is 5.75. The van der Waals surface area contributed by atoms with Crippen molar-refractivity contribution in [1.29, 1.82) is 0 Å². The number of carboxylic acids is 1. The summed E-state index contributed by atoms with van der Waals surface area (Å²) in [6.07, 6.45) is 0.244. The Hall–Kier alpha value is -1.87. The number of nitrogens with zero attached hydrogens (tertiary/aromatic N) is 1. The Balaban J connectivity index is 0.00000129. The summed E-state index contributed by atoms with van der Waals surface area (Å²) in [5.41, 5.74) is 3.82. The number of amides is 1. The highest BCUT2D eigenvalue weighted by atomic mass is 35.5. The van der Waals surface area contributed by atoms with Gasteiger partial charge in [0, 0.05) is 18.8 Å². The fourth-order valence-corrected chi connectivity index (χ4v) is 2.22. The Morgan fingerprint density at radius 3 is 2.44 bits per heavy atom. The van der Waals surface area contributed by atoms with Gasteiger partial charge in [-0.05, 0) is 19.8 Å². The van der Waals surface area contributed by atoms with Gasteiger partial charge >= 0.3 is 5.97 Å². The molecule has 1 rings (SSSR count). The van der Waals surface area contributed by atoms with Crippen molar-refractivity contribution in [3.63, 3.8) is 0 Å². The van der Waals surface area contributed by atoms with Gasteiger partial charge in [-0.2, -0.15) is 0 Å². The number of hydrogen-bond donors (Lipinski definition) is 2. The number of esters is 1. The number of rotatable bonds is 7. The van der Waals surface area contributed by atoms with Crippen LogP contribution in [0, 0.1) is 5.92 Å². The van der Waals surface area contributed by atoms with Gasteiger partial charge in [-0.1, -0.05) is 30.6 Å². The number of quaternary nitrogens is 1. The van der Waals surface area contributed by atoms with E-state index in [4.69, 9.17) is 31.1 Å². The van der Waals surface area contributed by atoms with Gasteiger partial charge in [-0.3, -0.25) is 4.79 Å². The van der Waals surface area contributed by atoms with Gasteiger partial charge in [0.1, 0.15) is 5.17 Å². The molecule has 0 radical (unpaired) electrons. The van der Waals surface area contributed by atoms with E-state index in [1.807, 2.05) is 13.8 Å². The van der Waals surface area contributed by atoms with Crippen LogP contribution in [0.4, 0.5) is 0 Å². The first-order chi connectivity index (χ1) is 11.6. The number of hydrogen-bond acceptors (Lipinski definition) is 7. The van der Waals surface area contributed by atoms with Crippen LogP contribution in [-0.2, 0) is 24.0 Å². The van der Waals surface area contributed by atoms with Gasteiger partial charge in [0.15, 0.2) is 18.2 Å². The van der Waals surface area contributed by atoms with E-state index < -0.39 is 30.1 Å². The molecule has 1 aliphatic heterocycles. The molecular weight excluding hydrogens is 354 g/mol. The van der Waals surface area contributed by atoms with Crippen LogP contribution in [-0.4, -0.2) is 47.8 Å². The summed E-state index contributed by atoms with van der Waals surface area (Å²) in [6.45, 7) is 6.88. The number of ether oxygens (including phenoxy) is 1. The molecular formula is C15H26ClN3O6. The molecule has 0 fully saturated rings. The average molecular weight is 380 g/mol. The molecule has 25 heavy (non-hydrogen) atoms. The van der Waals surface area contributed by atoms with Gasteiger partial charge in [-0.15, -0.1) is 0 Å². The predicted octanol–water partition coefficient (Wildman–Crippen LogP) is -1.21. The van der Waals surface area contributed by atoms with Crippen LogP contribution in [0.25, 0.3) is 0 Å². The summed E-state index contributed by atoms with van der Waals surface area (Å²) in [6, 6.07) is -1.38. The third kappa shape index (κ3) is 9.88. The van der Waals surface area contributed by atoms with Crippen molar-refractivity contribution in [1.82, 2.24) is 5.32 Å². The van der Waals surface area contributed by atoms with Crippen LogP contribution in [0.5, 0.6) is 0 Å². The standard InChI is InChI=1S/C13H22ClN3O4.C2H4O2/c1-4-20-13(19)11(9-6-10(14)17-21-9)16-12(18)8(15)5-7(2)3;1-2(3)4/h7-9,11H,4-6,15H2,1-3H3,(H,16,18);1H3,(H,3,4)/t8-,9+,11+;/m1./s1. The SMILES string of the molecule is CC(=O)[O-].CCOC(=O)[C@@H](NC(=O)[C@H]([NH3+])CC(C)C)[C@@H]1CC(Cl)=NO1. The molecule has 0 saturated carbocycles. The Bertz CT molecular complexity index is 494. The van der Waals surface area contributed by atoms with Crippen molar-refractivity contribution in [3.8, 4) is 0 Å². The summed E-state index contributed by atoms with van der Waals surface area (Å²) in [4.78, 5) is 38.1. The molecule has 0 saturated heterocycles. The fourth-order valence-electron chi connectivity index (χ4n) is 2.03. The number of aliphatic carboxylic acids is 1. The van der Waals surface area contributed by atoms with Crippen LogP contribution in [0.2, 0.25) is 0 Å². The molecule has 1 amide bonds. The summed E-state index contributed by atoms with van der Waals surface area (Å²) in [5.74, 6) is -1.62. The number of halogens is 1. The highest BCUT2D eigenvalue weighted by Crippen LogP contribution is 2.17. The first-order valence-electron chi connectivity index (χ1n) is 7.94. The van der Waals surface area contributed by atoms with Crippen LogP contribution in [0.1, 0.15) is 40.5 Å².